The molecule has 0 spiro atoms. The second-order valence-corrected chi connectivity index (χ2v) is 12.8. The lowest BCUT2D eigenvalue weighted by Gasteiger charge is -2.11. The van der Waals surface area contributed by atoms with Crippen molar-refractivity contribution in [1.82, 2.24) is 15.0 Å². The molecule has 0 atom stereocenters. The van der Waals surface area contributed by atoms with Crippen LogP contribution in [0.2, 0.25) is 0 Å². The maximum absolute atomic E-state index is 6.66. The van der Waals surface area contributed by atoms with Crippen LogP contribution >= 0.6 is 0 Å². The van der Waals surface area contributed by atoms with Crippen molar-refractivity contribution in [3.05, 3.63) is 176 Å². The van der Waals surface area contributed by atoms with Gasteiger partial charge in [0.05, 0.1) is 0 Å². The number of benzene rings is 8. The van der Waals surface area contributed by atoms with Crippen molar-refractivity contribution in [2.24, 2.45) is 0 Å². The first-order valence-corrected chi connectivity index (χ1v) is 17.1. The van der Waals surface area contributed by atoms with Gasteiger partial charge in [0.15, 0.2) is 17.5 Å². The number of aromatic nitrogens is 3. The van der Waals surface area contributed by atoms with E-state index in [2.05, 4.69) is 140 Å². The van der Waals surface area contributed by atoms with E-state index in [9.17, 15) is 0 Å². The Morgan fingerprint density at radius 2 is 0.863 bits per heavy atom. The Hall–Kier alpha value is -6.91. The minimum absolute atomic E-state index is 0.598. The lowest BCUT2D eigenvalue weighted by atomic mass is 9.97. The van der Waals surface area contributed by atoms with Crippen molar-refractivity contribution < 1.29 is 4.42 Å². The van der Waals surface area contributed by atoms with Gasteiger partial charge in [-0.1, -0.05) is 152 Å². The highest BCUT2D eigenvalue weighted by Crippen LogP contribution is 2.42. The van der Waals surface area contributed by atoms with E-state index in [0.717, 1.165) is 66.1 Å². The van der Waals surface area contributed by atoms with Crippen LogP contribution in [0.3, 0.4) is 0 Å². The molecular formula is C47H29N3O. The molecule has 0 bridgehead atoms. The van der Waals surface area contributed by atoms with E-state index in [4.69, 9.17) is 19.4 Å². The molecule has 0 aliphatic heterocycles. The fourth-order valence-corrected chi connectivity index (χ4v) is 7.12. The summed E-state index contributed by atoms with van der Waals surface area (Å²) < 4.78 is 6.66. The third kappa shape index (κ3) is 5.13. The van der Waals surface area contributed by atoms with Crippen molar-refractivity contribution in [1.29, 1.82) is 0 Å². The average molecular weight is 652 g/mol. The number of rotatable bonds is 5. The molecule has 0 saturated heterocycles. The van der Waals surface area contributed by atoms with Crippen LogP contribution in [0.1, 0.15) is 0 Å². The molecule has 10 rings (SSSR count). The fourth-order valence-electron chi connectivity index (χ4n) is 7.12. The minimum atomic E-state index is 0.598. The SMILES string of the molecule is c1ccc(-c2ccc3oc4c5ccccc5cc(-c5nc(-c6ccccc6)nc(-c6ccc(-c7ccc8ccccc8c7)cc6)n5)c4c3c2)cc1. The number of hydrogen-bond donors (Lipinski definition) is 0. The number of fused-ring (bicyclic) bond motifs is 6. The maximum atomic E-state index is 6.66. The van der Waals surface area contributed by atoms with E-state index in [1.165, 1.54) is 16.3 Å². The summed E-state index contributed by atoms with van der Waals surface area (Å²) in [6, 6.07) is 61.1. The Bertz CT molecular complexity index is 2900. The Labute approximate surface area is 294 Å². The second kappa shape index (κ2) is 11.9. The van der Waals surface area contributed by atoms with E-state index in [0.29, 0.717) is 17.5 Å². The summed E-state index contributed by atoms with van der Waals surface area (Å²) in [6.07, 6.45) is 0. The average Bonchev–Trinajstić information content (AvgIpc) is 3.60. The van der Waals surface area contributed by atoms with Crippen molar-refractivity contribution in [2.75, 3.05) is 0 Å². The third-order valence-electron chi connectivity index (χ3n) is 9.70. The summed E-state index contributed by atoms with van der Waals surface area (Å²) in [7, 11) is 0. The minimum Gasteiger partial charge on any atom is -0.455 e. The molecule has 2 heterocycles. The Balaban J connectivity index is 1.18. The Kier molecular flexibility index (Phi) is 6.78. The molecule has 10 aromatic rings. The molecule has 0 aliphatic carbocycles. The summed E-state index contributed by atoms with van der Waals surface area (Å²) in [5.41, 5.74) is 8.97. The van der Waals surface area contributed by atoms with Crippen molar-refractivity contribution in [3.63, 3.8) is 0 Å². The van der Waals surface area contributed by atoms with Crippen LogP contribution < -0.4 is 0 Å². The predicted molar refractivity (Wildman–Crippen MR) is 209 cm³/mol. The van der Waals surface area contributed by atoms with Crippen LogP contribution in [0, 0.1) is 0 Å². The first-order valence-electron chi connectivity index (χ1n) is 17.1. The molecule has 51 heavy (non-hydrogen) atoms. The van der Waals surface area contributed by atoms with Crippen LogP contribution in [-0.2, 0) is 0 Å². The summed E-state index contributed by atoms with van der Waals surface area (Å²) in [5.74, 6) is 1.83. The molecule has 4 nitrogen and oxygen atoms in total. The first-order chi connectivity index (χ1) is 25.2. The molecule has 0 N–H and O–H groups in total. The molecular weight excluding hydrogens is 623 g/mol. The van der Waals surface area contributed by atoms with Crippen molar-refractivity contribution in [2.45, 2.75) is 0 Å². The van der Waals surface area contributed by atoms with Crippen molar-refractivity contribution in [3.8, 4) is 56.4 Å². The second-order valence-electron chi connectivity index (χ2n) is 12.8. The van der Waals surface area contributed by atoms with Gasteiger partial charge in [-0.2, -0.15) is 0 Å². The molecule has 0 radical (unpaired) electrons. The Morgan fingerprint density at radius 3 is 1.63 bits per heavy atom. The monoisotopic (exact) mass is 651 g/mol. The lowest BCUT2D eigenvalue weighted by molar-refractivity contribution is 0.673. The van der Waals surface area contributed by atoms with E-state index in [1.54, 1.807) is 0 Å². The third-order valence-corrected chi connectivity index (χ3v) is 9.70. The quantitative estimate of drug-likeness (QED) is 0.186. The summed E-state index contributed by atoms with van der Waals surface area (Å²) >= 11 is 0. The molecule has 0 aliphatic rings. The van der Waals surface area contributed by atoms with E-state index < -0.39 is 0 Å². The topological polar surface area (TPSA) is 51.8 Å². The largest absolute Gasteiger partial charge is 0.455 e. The Morgan fingerprint density at radius 1 is 0.333 bits per heavy atom. The highest BCUT2D eigenvalue weighted by Gasteiger charge is 2.21. The number of nitrogens with zero attached hydrogens (tertiary/aromatic N) is 3. The highest BCUT2D eigenvalue weighted by atomic mass is 16.3. The van der Waals surface area contributed by atoms with Crippen molar-refractivity contribution >= 4 is 43.5 Å². The van der Waals surface area contributed by atoms with Gasteiger partial charge in [-0.05, 0) is 62.7 Å². The zero-order chi connectivity index (χ0) is 33.7. The molecule has 238 valence electrons. The number of furan rings is 1. The summed E-state index contributed by atoms with van der Waals surface area (Å²) in [6.45, 7) is 0. The highest BCUT2D eigenvalue weighted by molar-refractivity contribution is 6.21. The van der Waals surface area contributed by atoms with Gasteiger partial charge in [-0.25, -0.2) is 15.0 Å². The number of hydrogen-bond acceptors (Lipinski definition) is 4. The van der Waals surface area contributed by atoms with Crippen LogP contribution in [0.4, 0.5) is 0 Å². The zero-order valence-corrected chi connectivity index (χ0v) is 27.5. The molecule has 8 aromatic carbocycles. The van der Waals surface area contributed by atoms with E-state index >= 15 is 0 Å². The van der Waals surface area contributed by atoms with Gasteiger partial charge in [0.25, 0.3) is 0 Å². The molecule has 2 aromatic heterocycles. The normalized spacial score (nSPS) is 11.5. The van der Waals surface area contributed by atoms with Gasteiger partial charge < -0.3 is 4.42 Å². The van der Waals surface area contributed by atoms with Gasteiger partial charge in [0, 0.05) is 32.8 Å². The van der Waals surface area contributed by atoms with Gasteiger partial charge in [0.1, 0.15) is 11.2 Å². The van der Waals surface area contributed by atoms with Gasteiger partial charge >= 0.3 is 0 Å². The first kappa shape index (κ1) is 29.0. The van der Waals surface area contributed by atoms with Crippen LogP contribution in [-0.4, -0.2) is 15.0 Å². The van der Waals surface area contributed by atoms with Crippen LogP contribution in [0.5, 0.6) is 0 Å². The molecule has 0 amide bonds. The summed E-state index contributed by atoms with van der Waals surface area (Å²) in [4.78, 5) is 15.4. The smallest absolute Gasteiger partial charge is 0.164 e. The van der Waals surface area contributed by atoms with Crippen LogP contribution in [0.15, 0.2) is 180 Å². The van der Waals surface area contributed by atoms with Gasteiger partial charge in [-0.15, -0.1) is 0 Å². The maximum Gasteiger partial charge on any atom is 0.164 e. The van der Waals surface area contributed by atoms with Crippen LogP contribution in [0.25, 0.3) is 99.9 Å². The molecule has 4 heteroatoms. The predicted octanol–water partition coefficient (Wildman–Crippen LogP) is 12.4. The molecule has 0 unspecified atom stereocenters. The standard InChI is InChI=1S/C47H29N3O/c1-3-11-30(12-4-1)37-25-26-42-40(28-37)43-41(29-38-17-9-10-18-39(38)44(43)51-42)47-49-45(33-14-5-2-6-15-33)48-46(50-47)34-22-19-32(20-23-34)36-24-21-31-13-7-8-16-35(31)27-36/h1-29H. The molecule has 0 fully saturated rings. The van der Waals surface area contributed by atoms with E-state index in [1.807, 2.05) is 36.4 Å². The van der Waals surface area contributed by atoms with E-state index in [-0.39, 0.29) is 0 Å². The fraction of sp³-hybridized carbons (Fsp3) is 0. The zero-order valence-electron chi connectivity index (χ0n) is 27.5. The summed E-state index contributed by atoms with van der Waals surface area (Å²) in [5, 5.41) is 6.58. The van der Waals surface area contributed by atoms with Gasteiger partial charge in [-0.3, -0.25) is 0 Å². The van der Waals surface area contributed by atoms with Gasteiger partial charge in [0.2, 0.25) is 0 Å². The lowest BCUT2D eigenvalue weighted by Crippen LogP contribution is -2.00. The molecule has 0 saturated carbocycles.